The number of rotatable bonds is 12. The molecular formula is C16H28O4Si. The largest absolute Gasteiger partial charge is 0.461 e. The van der Waals surface area contributed by atoms with Gasteiger partial charge in [0.2, 0.25) is 0 Å². The van der Waals surface area contributed by atoms with Crippen molar-refractivity contribution in [1.29, 1.82) is 0 Å². The predicted molar refractivity (Wildman–Crippen MR) is 87.9 cm³/mol. The molecule has 0 bridgehead atoms. The minimum atomic E-state index is -1.36. The van der Waals surface area contributed by atoms with Crippen LogP contribution >= 0.6 is 0 Å². The van der Waals surface area contributed by atoms with Gasteiger partial charge in [-0.15, -0.1) is 0 Å². The molecule has 0 aromatic rings. The standard InChI is InChI=1S/C16H28O4Si/c1-5-11-19-15(17)9-7-13-21(3,4)14-8-10-16(18)20-12-6-2/h5-6H,1-2,7-14H2,3-4H3. The third-order valence-corrected chi connectivity index (χ3v) is 6.61. The summed E-state index contributed by atoms with van der Waals surface area (Å²) in [6, 6.07) is 2.13. The summed E-state index contributed by atoms with van der Waals surface area (Å²) in [4.78, 5) is 22.7. The van der Waals surface area contributed by atoms with Crippen molar-refractivity contribution < 1.29 is 19.1 Å². The van der Waals surface area contributed by atoms with Crippen molar-refractivity contribution in [2.45, 2.75) is 50.9 Å². The van der Waals surface area contributed by atoms with Gasteiger partial charge in [-0.25, -0.2) is 0 Å². The number of carbonyl (C=O) groups is 2. The molecule has 0 aromatic carbocycles. The maximum absolute atomic E-state index is 11.4. The van der Waals surface area contributed by atoms with Crippen LogP contribution in [0.1, 0.15) is 25.7 Å². The quantitative estimate of drug-likeness (QED) is 0.313. The smallest absolute Gasteiger partial charge is 0.306 e. The number of hydrogen-bond acceptors (Lipinski definition) is 4. The van der Waals surface area contributed by atoms with Crippen LogP contribution < -0.4 is 0 Å². The second-order valence-electron chi connectivity index (χ2n) is 5.81. The fourth-order valence-electron chi connectivity index (χ4n) is 2.00. The van der Waals surface area contributed by atoms with Gasteiger partial charge in [-0.3, -0.25) is 9.59 Å². The van der Waals surface area contributed by atoms with Crippen LogP contribution in [0.25, 0.3) is 0 Å². The summed E-state index contributed by atoms with van der Waals surface area (Å²) < 4.78 is 9.89. The number of esters is 2. The molecule has 0 aliphatic heterocycles. The Hall–Kier alpha value is -1.36. The Labute approximate surface area is 129 Å². The van der Waals surface area contributed by atoms with Gasteiger partial charge in [0.25, 0.3) is 0 Å². The minimum absolute atomic E-state index is 0.160. The molecule has 21 heavy (non-hydrogen) atoms. The van der Waals surface area contributed by atoms with E-state index in [1.54, 1.807) is 12.2 Å². The molecular weight excluding hydrogens is 284 g/mol. The Balaban J connectivity index is 3.77. The maximum Gasteiger partial charge on any atom is 0.306 e. The van der Waals surface area contributed by atoms with Crippen LogP contribution in [-0.4, -0.2) is 33.2 Å². The van der Waals surface area contributed by atoms with Gasteiger partial charge >= 0.3 is 11.9 Å². The average molecular weight is 312 g/mol. The van der Waals surface area contributed by atoms with Crippen LogP contribution in [-0.2, 0) is 19.1 Å². The molecule has 0 aliphatic carbocycles. The highest BCUT2D eigenvalue weighted by Gasteiger charge is 2.21. The normalized spacial score (nSPS) is 10.8. The van der Waals surface area contributed by atoms with Crippen LogP contribution in [0.2, 0.25) is 25.2 Å². The van der Waals surface area contributed by atoms with Crippen LogP contribution in [0, 0.1) is 0 Å². The molecule has 0 radical (unpaired) electrons. The molecule has 0 saturated heterocycles. The van der Waals surface area contributed by atoms with E-state index in [0.717, 1.165) is 24.9 Å². The maximum atomic E-state index is 11.4. The van der Waals surface area contributed by atoms with E-state index in [1.165, 1.54) is 0 Å². The summed E-state index contributed by atoms with van der Waals surface area (Å²) in [6.07, 6.45) is 5.79. The van der Waals surface area contributed by atoms with Crippen molar-refractivity contribution in [2.75, 3.05) is 13.2 Å². The number of hydrogen-bond donors (Lipinski definition) is 0. The molecule has 0 amide bonds. The zero-order valence-corrected chi connectivity index (χ0v) is 14.4. The second-order valence-corrected chi connectivity index (χ2v) is 11.1. The first-order chi connectivity index (χ1) is 9.91. The van der Waals surface area contributed by atoms with Crippen molar-refractivity contribution in [3.63, 3.8) is 0 Å². The Bertz CT molecular complexity index is 318. The summed E-state index contributed by atoms with van der Waals surface area (Å²) in [6.45, 7) is 12.2. The van der Waals surface area contributed by atoms with E-state index < -0.39 is 8.07 Å². The Morgan fingerprint density at radius 3 is 1.62 bits per heavy atom. The topological polar surface area (TPSA) is 52.6 Å². The summed E-state index contributed by atoms with van der Waals surface area (Å²) in [5.74, 6) is -0.319. The van der Waals surface area contributed by atoms with Gasteiger partial charge in [-0.05, 0) is 12.8 Å². The van der Waals surface area contributed by atoms with Crippen LogP contribution in [0.15, 0.2) is 25.3 Å². The van der Waals surface area contributed by atoms with Crippen molar-refractivity contribution in [3.05, 3.63) is 25.3 Å². The van der Waals surface area contributed by atoms with Crippen LogP contribution in [0.3, 0.4) is 0 Å². The predicted octanol–water partition coefficient (Wildman–Crippen LogP) is 3.71. The highest BCUT2D eigenvalue weighted by molar-refractivity contribution is 6.77. The minimum Gasteiger partial charge on any atom is -0.461 e. The zero-order chi connectivity index (χ0) is 16.1. The SMILES string of the molecule is C=CCOC(=O)CCC[Si](C)(C)CCCC(=O)OCC=C. The zero-order valence-electron chi connectivity index (χ0n) is 13.4. The first-order valence-corrected chi connectivity index (χ1v) is 10.9. The Kier molecular flexibility index (Phi) is 10.6. The molecule has 0 N–H and O–H groups in total. The summed E-state index contributed by atoms with van der Waals surface area (Å²) in [7, 11) is -1.36. The average Bonchev–Trinajstić information content (AvgIpc) is 2.42. The van der Waals surface area contributed by atoms with Crippen LogP contribution in [0.4, 0.5) is 0 Å². The molecule has 4 nitrogen and oxygen atoms in total. The highest BCUT2D eigenvalue weighted by atomic mass is 28.3. The molecule has 0 fully saturated rings. The van der Waals surface area contributed by atoms with Gasteiger partial charge in [0.05, 0.1) is 0 Å². The molecule has 120 valence electrons. The first-order valence-electron chi connectivity index (χ1n) is 7.44. The van der Waals surface area contributed by atoms with Gasteiger partial charge < -0.3 is 9.47 Å². The lowest BCUT2D eigenvalue weighted by Gasteiger charge is -2.21. The van der Waals surface area contributed by atoms with E-state index in [9.17, 15) is 9.59 Å². The molecule has 0 heterocycles. The Morgan fingerprint density at radius 2 is 1.29 bits per heavy atom. The van der Waals surface area contributed by atoms with Crippen molar-refractivity contribution in [1.82, 2.24) is 0 Å². The molecule has 0 saturated carbocycles. The number of ether oxygens (including phenoxy) is 2. The van der Waals surface area contributed by atoms with Crippen molar-refractivity contribution in [3.8, 4) is 0 Å². The second kappa shape index (κ2) is 11.3. The van der Waals surface area contributed by atoms with Gasteiger partial charge in [-0.2, -0.15) is 0 Å². The first kappa shape index (κ1) is 19.6. The molecule has 0 aliphatic rings. The third-order valence-electron chi connectivity index (χ3n) is 3.19. The highest BCUT2D eigenvalue weighted by Crippen LogP contribution is 2.21. The molecule has 0 aromatic heterocycles. The van der Waals surface area contributed by atoms with Gasteiger partial charge in [0, 0.05) is 20.9 Å². The van der Waals surface area contributed by atoms with E-state index in [0.29, 0.717) is 12.8 Å². The fraction of sp³-hybridized carbons (Fsp3) is 0.625. The lowest BCUT2D eigenvalue weighted by molar-refractivity contribution is -0.143. The summed E-state index contributed by atoms with van der Waals surface area (Å²) in [5.41, 5.74) is 0. The van der Waals surface area contributed by atoms with E-state index >= 15 is 0 Å². The molecule has 0 atom stereocenters. The summed E-state index contributed by atoms with van der Waals surface area (Å²) in [5, 5.41) is 0. The number of carbonyl (C=O) groups excluding carboxylic acids is 2. The van der Waals surface area contributed by atoms with Crippen molar-refractivity contribution >= 4 is 20.0 Å². The lowest BCUT2D eigenvalue weighted by atomic mass is 10.3. The Morgan fingerprint density at radius 1 is 0.905 bits per heavy atom. The fourth-order valence-corrected chi connectivity index (χ4v) is 4.51. The third kappa shape index (κ3) is 12.1. The molecule has 5 heteroatoms. The molecule has 0 spiro atoms. The van der Waals surface area contributed by atoms with Gasteiger partial charge in [-0.1, -0.05) is 50.5 Å². The van der Waals surface area contributed by atoms with E-state index in [4.69, 9.17) is 9.47 Å². The molecule has 0 rings (SSSR count). The summed E-state index contributed by atoms with van der Waals surface area (Å²) >= 11 is 0. The lowest BCUT2D eigenvalue weighted by Crippen LogP contribution is -2.25. The van der Waals surface area contributed by atoms with Gasteiger partial charge in [0.1, 0.15) is 13.2 Å². The van der Waals surface area contributed by atoms with Crippen molar-refractivity contribution in [2.24, 2.45) is 0 Å². The van der Waals surface area contributed by atoms with Crippen LogP contribution in [0.5, 0.6) is 0 Å². The monoisotopic (exact) mass is 312 g/mol. The van der Waals surface area contributed by atoms with Gasteiger partial charge in [0.15, 0.2) is 0 Å². The van der Waals surface area contributed by atoms with E-state index in [2.05, 4.69) is 26.3 Å². The van der Waals surface area contributed by atoms with E-state index in [-0.39, 0.29) is 25.2 Å². The molecule has 0 unspecified atom stereocenters. The van der Waals surface area contributed by atoms with E-state index in [1.807, 2.05) is 0 Å².